The van der Waals surface area contributed by atoms with Gasteiger partial charge >= 0.3 is 6.01 Å². The van der Waals surface area contributed by atoms with Gasteiger partial charge < -0.3 is 38.2 Å². The summed E-state index contributed by atoms with van der Waals surface area (Å²) in [5.74, 6) is 0.719. The van der Waals surface area contributed by atoms with Gasteiger partial charge in [0.2, 0.25) is 0 Å². The van der Waals surface area contributed by atoms with Crippen LogP contribution in [0.15, 0.2) is 18.2 Å². The van der Waals surface area contributed by atoms with Crippen LogP contribution < -0.4 is 14.8 Å². The van der Waals surface area contributed by atoms with Crippen molar-refractivity contribution >= 4 is 45.0 Å². The molecular weight excluding hydrogens is 735 g/mol. The van der Waals surface area contributed by atoms with E-state index < -0.39 is 22.5 Å². The SMILES string of the molecule is CC(C)(C)[Si](C)(C)OC1CO[C@H]2[C@@H]1OC[C@H]2Oc1nc2cc(Cl)c(NC3CCc4cc(OC5CCOCC5)cc(F)c43)nc2n1COCC[Si](C)(C)C. The highest BCUT2D eigenvalue weighted by atomic mass is 35.5. The lowest BCUT2D eigenvalue weighted by atomic mass is 10.1. The van der Waals surface area contributed by atoms with Crippen LogP contribution in [0.5, 0.6) is 11.8 Å². The average Bonchev–Trinajstić information content (AvgIpc) is 3.84. The molecule has 4 aliphatic rings. The Hall–Kier alpha value is -2.31. The number of aryl methyl sites for hydroxylation is 1. The third-order valence-electron chi connectivity index (χ3n) is 11.3. The third kappa shape index (κ3) is 8.59. The Morgan fingerprint density at radius 1 is 0.962 bits per heavy atom. The molecule has 0 radical (unpaired) electrons. The highest BCUT2D eigenvalue weighted by Crippen LogP contribution is 2.42. The van der Waals surface area contributed by atoms with Gasteiger partial charge in [0.1, 0.15) is 47.9 Å². The molecule has 0 amide bonds. The lowest BCUT2D eigenvalue weighted by molar-refractivity contribution is 0.00687. The van der Waals surface area contributed by atoms with Crippen LogP contribution in [0.4, 0.5) is 10.2 Å². The first-order chi connectivity index (χ1) is 25.1. The highest BCUT2D eigenvalue weighted by Gasteiger charge is 2.52. The fraction of sp³-hybridized carbons (Fsp3) is 0.684. The molecule has 7 rings (SSSR count). The van der Waals surface area contributed by atoms with Crippen LogP contribution in [0.25, 0.3) is 11.2 Å². The van der Waals surface area contributed by atoms with Gasteiger partial charge in [-0.15, -0.1) is 0 Å². The Morgan fingerprint density at radius 2 is 1.68 bits per heavy atom. The molecule has 5 atom stereocenters. The van der Waals surface area contributed by atoms with Crippen molar-refractivity contribution in [2.75, 3.05) is 38.4 Å². The quantitative estimate of drug-likeness (QED) is 0.135. The van der Waals surface area contributed by atoms with E-state index in [2.05, 4.69) is 58.8 Å². The van der Waals surface area contributed by atoms with Crippen molar-refractivity contribution in [3.63, 3.8) is 0 Å². The van der Waals surface area contributed by atoms with Crippen LogP contribution >= 0.6 is 11.6 Å². The molecule has 3 fully saturated rings. The van der Waals surface area contributed by atoms with E-state index in [-0.39, 0.29) is 48.0 Å². The first-order valence-electron chi connectivity index (χ1n) is 19.1. The molecule has 2 unspecified atom stereocenters. The number of benzene rings is 1. The van der Waals surface area contributed by atoms with E-state index >= 15 is 4.39 Å². The molecule has 3 aliphatic heterocycles. The number of hydrogen-bond donors (Lipinski definition) is 1. The second-order valence-electron chi connectivity index (χ2n) is 17.6. The number of rotatable bonds is 13. The summed E-state index contributed by atoms with van der Waals surface area (Å²) in [5, 5.41) is 3.91. The summed E-state index contributed by atoms with van der Waals surface area (Å²) in [4.78, 5) is 9.82. The van der Waals surface area contributed by atoms with Crippen LogP contribution in [0.1, 0.15) is 57.2 Å². The molecule has 1 N–H and O–H groups in total. The number of anilines is 1. The van der Waals surface area contributed by atoms with Gasteiger partial charge in [-0.2, -0.15) is 4.98 Å². The number of nitrogens with one attached hydrogen (secondary N) is 1. The van der Waals surface area contributed by atoms with Gasteiger partial charge in [0.15, 0.2) is 20.1 Å². The fourth-order valence-corrected chi connectivity index (χ4v) is 9.49. The van der Waals surface area contributed by atoms with E-state index in [0.717, 1.165) is 24.4 Å². The summed E-state index contributed by atoms with van der Waals surface area (Å²) in [7, 11) is -3.36. The summed E-state index contributed by atoms with van der Waals surface area (Å²) >= 11 is 6.85. The van der Waals surface area contributed by atoms with E-state index in [1.54, 1.807) is 6.07 Å². The third-order valence-corrected chi connectivity index (χ3v) is 17.8. The number of pyridine rings is 1. The lowest BCUT2D eigenvalue weighted by Gasteiger charge is -2.39. The van der Waals surface area contributed by atoms with E-state index in [1.165, 1.54) is 6.07 Å². The predicted octanol–water partition coefficient (Wildman–Crippen LogP) is 8.13. The minimum Gasteiger partial charge on any atom is -0.490 e. The van der Waals surface area contributed by atoms with Crippen LogP contribution in [0.2, 0.25) is 48.8 Å². The Morgan fingerprint density at radius 3 is 2.40 bits per heavy atom. The second kappa shape index (κ2) is 15.3. The Labute approximate surface area is 319 Å². The smallest absolute Gasteiger partial charge is 0.301 e. The Balaban J connectivity index is 1.11. The van der Waals surface area contributed by atoms with E-state index in [4.69, 9.17) is 54.4 Å². The molecule has 2 aromatic heterocycles. The summed E-state index contributed by atoms with van der Waals surface area (Å²) in [6, 6.07) is 6.30. The fourth-order valence-electron chi connectivity index (χ4n) is 7.22. The Bertz CT molecular complexity index is 1780. The lowest BCUT2D eigenvalue weighted by Crippen LogP contribution is -2.47. The van der Waals surface area contributed by atoms with Crippen molar-refractivity contribution < 1.29 is 37.2 Å². The maximum Gasteiger partial charge on any atom is 0.301 e. The molecule has 3 aromatic rings. The largest absolute Gasteiger partial charge is 0.490 e. The first-order valence-corrected chi connectivity index (χ1v) is 26.1. The summed E-state index contributed by atoms with van der Waals surface area (Å²) < 4.78 is 61.2. The average molecular weight is 792 g/mol. The maximum absolute atomic E-state index is 15.7. The zero-order valence-electron chi connectivity index (χ0n) is 32.4. The number of halogens is 2. The molecule has 1 aromatic carbocycles. The van der Waals surface area contributed by atoms with Gasteiger partial charge in [-0.3, -0.25) is 4.57 Å². The normalized spacial score (nSPS) is 25.2. The molecule has 292 valence electrons. The molecule has 15 heteroatoms. The van der Waals surface area contributed by atoms with Crippen molar-refractivity contribution in [1.29, 1.82) is 0 Å². The van der Waals surface area contributed by atoms with Crippen molar-refractivity contribution in [3.05, 3.63) is 40.2 Å². The van der Waals surface area contributed by atoms with Crippen molar-refractivity contribution in [3.8, 4) is 11.8 Å². The van der Waals surface area contributed by atoms with Crippen molar-refractivity contribution in [2.45, 2.75) is 134 Å². The molecule has 5 heterocycles. The second-order valence-corrected chi connectivity index (χ2v) is 28.4. The number of hydrogen-bond acceptors (Lipinski definition) is 10. The van der Waals surface area contributed by atoms with E-state index in [1.807, 2.05) is 10.6 Å². The summed E-state index contributed by atoms with van der Waals surface area (Å²) in [5.41, 5.74) is 2.68. The van der Waals surface area contributed by atoms with Crippen LogP contribution in [0, 0.1) is 5.82 Å². The van der Waals surface area contributed by atoms with Crippen LogP contribution in [-0.4, -0.2) is 94.5 Å². The zero-order chi connectivity index (χ0) is 37.7. The molecule has 0 bridgehead atoms. The molecule has 0 saturated carbocycles. The Kier molecular flexibility index (Phi) is 11.3. The molecule has 53 heavy (non-hydrogen) atoms. The predicted molar refractivity (Wildman–Crippen MR) is 208 cm³/mol. The number of fused-ring (bicyclic) bond motifs is 3. The summed E-state index contributed by atoms with van der Waals surface area (Å²) in [6.45, 7) is 21.1. The summed E-state index contributed by atoms with van der Waals surface area (Å²) in [6.07, 6.45) is 2.00. The molecule has 1 aliphatic carbocycles. The highest BCUT2D eigenvalue weighted by molar-refractivity contribution is 6.76. The minimum atomic E-state index is -2.04. The van der Waals surface area contributed by atoms with Gasteiger partial charge in [-0.1, -0.05) is 52.0 Å². The molecule has 0 spiro atoms. The van der Waals surface area contributed by atoms with Crippen molar-refractivity contribution in [2.24, 2.45) is 0 Å². The zero-order valence-corrected chi connectivity index (χ0v) is 35.2. The maximum atomic E-state index is 15.7. The number of imidazole rings is 1. The van der Waals surface area contributed by atoms with Crippen LogP contribution in [0.3, 0.4) is 0 Å². The first kappa shape index (κ1) is 38.9. The van der Waals surface area contributed by atoms with Gasteiger partial charge in [-0.05, 0) is 54.7 Å². The van der Waals surface area contributed by atoms with Crippen LogP contribution in [-0.2, 0) is 36.5 Å². The van der Waals surface area contributed by atoms with Gasteiger partial charge in [0.05, 0.1) is 43.6 Å². The number of nitrogens with zero attached hydrogens (tertiary/aromatic N) is 3. The van der Waals surface area contributed by atoms with Gasteiger partial charge in [0, 0.05) is 39.2 Å². The number of ether oxygens (including phenoxy) is 6. The molecule has 3 saturated heterocycles. The van der Waals surface area contributed by atoms with Gasteiger partial charge in [0.25, 0.3) is 0 Å². The monoisotopic (exact) mass is 790 g/mol. The van der Waals surface area contributed by atoms with E-state index in [9.17, 15) is 0 Å². The topological polar surface area (TPSA) is 107 Å². The number of aromatic nitrogens is 3. The minimum absolute atomic E-state index is 0.0380. The van der Waals surface area contributed by atoms with Gasteiger partial charge in [-0.25, -0.2) is 9.37 Å². The molecular formula is C38H56ClFN4O7Si2. The molecule has 11 nitrogen and oxygen atoms in total. The van der Waals surface area contributed by atoms with Crippen molar-refractivity contribution in [1.82, 2.24) is 14.5 Å². The van der Waals surface area contributed by atoms with E-state index in [0.29, 0.717) is 85.2 Å². The standard InChI is InChI=1S/C38H56ClFN4O7Si2/c1-38(2,3)53(7,8)51-31-21-48-33-30(20-47-34(31)33)50-37-42-29-19-26(39)35(43-36(29)44(37)22-46-15-16-52(4,5)6)41-28-10-9-23-17-25(18-27(40)32(23)28)49-24-11-13-45-14-12-24/h17-19,24,28,30-31,33-34H,9-16,20-22H2,1-8H3,(H,41,43)/t28?,30-,31?,33-,34-/m1/s1.